The number of carbonyl (C=O) groups is 2. The molecule has 39 heavy (non-hydrogen) atoms. The molecule has 0 bridgehead atoms. The molecule has 0 unspecified atom stereocenters. The minimum Gasteiger partial charge on any atom is -0.396 e. The van der Waals surface area contributed by atoms with Gasteiger partial charge >= 0.3 is 0 Å². The number of fused-ring (bicyclic) bond motifs is 1. The number of hydrogen-bond acceptors (Lipinski definition) is 7. The Kier molecular flexibility index (Phi) is 8.81. The smallest absolute Gasteiger partial charge is 0.264 e. The van der Waals surface area contributed by atoms with Gasteiger partial charge in [-0.1, -0.05) is 48.0 Å². The summed E-state index contributed by atoms with van der Waals surface area (Å²) in [7, 11) is 0. The number of amides is 2. The Morgan fingerprint density at radius 3 is 2.64 bits per heavy atom. The molecule has 0 saturated carbocycles. The Morgan fingerprint density at radius 2 is 1.95 bits per heavy atom. The number of anilines is 2. The summed E-state index contributed by atoms with van der Waals surface area (Å²) < 4.78 is 1.69. The number of aryl methyl sites for hydroxylation is 1. The minimum atomic E-state index is -1.80. The van der Waals surface area contributed by atoms with Crippen LogP contribution in [0.5, 0.6) is 0 Å². The van der Waals surface area contributed by atoms with Crippen molar-refractivity contribution in [2.24, 2.45) is 5.92 Å². The van der Waals surface area contributed by atoms with Crippen LogP contribution < -0.4 is 10.2 Å². The third kappa shape index (κ3) is 6.20. The predicted molar refractivity (Wildman–Crippen MR) is 147 cm³/mol. The molecule has 11 heteroatoms. The molecule has 1 aliphatic heterocycles. The molecule has 0 spiro atoms. The highest BCUT2D eigenvalue weighted by atomic mass is 35.5. The summed E-state index contributed by atoms with van der Waals surface area (Å²) >= 11 is 6.27. The van der Waals surface area contributed by atoms with Crippen LogP contribution in [0.25, 0.3) is 0 Å². The van der Waals surface area contributed by atoms with Gasteiger partial charge in [0.25, 0.3) is 11.8 Å². The molecule has 10 nitrogen and oxygen atoms in total. The summed E-state index contributed by atoms with van der Waals surface area (Å²) in [5.41, 5.74) is 1.26. The maximum absolute atomic E-state index is 13.7. The predicted octanol–water partition coefficient (Wildman–Crippen LogP) is 2.80. The highest BCUT2D eigenvalue weighted by Gasteiger charge is 2.52. The van der Waals surface area contributed by atoms with E-state index >= 15 is 0 Å². The van der Waals surface area contributed by atoms with E-state index in [2.05, 4.69) is 15.6 Å². The van der Waals surface area contributed by atoms with Gasteiger partial charge in [-0.05, 0) is 49.2 Å². The fraction of sp³-hybridized carbons (Fsp3) is 0.357. The normalized spacial score (nSPS) is 18.4. The fourth-order valence-electron chi connectivity index (χ4n) is 4.52. The molecule has 206 valence electrons. The number of hydrogen-bond donors (Lipinski definition) is 4. The lowest BCUT2D eigenvalue weighted by atomic mass is 9.83. The Hall–Kier alpha value is -3.57. The largest absolute Gasteiger partial charge is 0.396 e. The molecule has 2 heterocycles. The van der Waals surface area contributed by atoms with E-state index in [1.165, 1.54) is 11.8 Å². The van der Waals surface area contributed by atoms with Gasteiger partial charge in [0, 0.05) is 48.0 Å². The number of nitrogens with zero attached hydrogens (tertiary/aromatic N) is 4. The lowest BCUT2D eigenvalue weighted by Gasteiger charge is -2.27. The molecule has 0 aliphatic carbocycles. The molecule has 1 aliphatic rings. The van der Waals surface area contributed by atoms with E-state index in [1.54, 1.807) is 60.3 Å². The standard InChI is InChI=1S/C28H32ClN5O5/c1-18(5-3-4-13-33-17-23(12-14-35)31-32-33)28(39)24-15-21(29)8-11-25(24)34(27(28)38)16-20-6-9-22(10-7-20)30-26(37)19(2)36/h3,5-11,15,17-19,35-36,39H,4,12-14,16H2,1-2H3,(H,30,37)/b5-3+/t18-,19-,28+/m0/s1. The number of aliphatic hydroxyl groups is 3. The fourth-order valence-corrected chi connectivity index (χ4v) is 4.69. The zero-order valence-corrected chi connectivity index (χ0v) is 22.5. The van der Waals surface area contributed by atoms with Crippen molar-refractivity contribution in [3.05, 3.63) is 82.7 Å². The van der Waals surface area contributed by atoms with E-state index in [0.717, 1.165) is 5.56 Å². The van der Waals surface area contributed by atoms with Crippen LogP contribution in [0, 0.1) is 5.92 Å². The molecule has 2 amide bonds. The van der Waals surface area contributed by atoms with Gasteiger partial charge in [-0.2, -0.15) is 0 Å². The van der Waals surface area contributed by atoms with Gasteiger partial charge in [0.1, 0.15) is 6.10 Å². The van der Waals surface area contributed by atoms with Crippen LogP contribution in [0.2, 0.25) is 5.02 Å². The van der Waals surface area contributed by atoms with Gasteiger partial charge in [0.2, 0.25) is 0 Å². The summed E-state index contributed by atoms with van der Waals surface area (Å²) in [6.45, 7) is 3.96. The minimum absolute atomic E-state index is 0.0126. The molecule has 1 aromatic heterocycles. The summed E-state index contributed by atoms with van der Waals surface area (Å²) in [6, 6.07) is 12.0. The first-order chi connectivity index (χ1) is 18.6. The maximum Gasteiger partial charge on any atom is 0.264 e. The van der Waals surface area contributed by atoms with Crippen molar-refractivity contribution < 1.29 is 24.9 Å². The molecule has 3 aromatic rings. The first kappa shape index (κ1) is 28.4. The Morgan fingerprint density at radius 1 is 1.21 bits per heavy atom. The van der Waals surface area contributed by atoms with Gasteiger partial charge in [0.15, 0.2) is 5.60 Å². The average Bonchev–Trinajstić information content (AvgIpc) is 3.44. The van der Waals surface area contributed by atoms with E-state index in [0.29, 0.717) is 47.0 Å². The Balaban J connectivity index is 1.49. The van der Waals surface area contributed by atoms with Crippen LogP contribution in [-0.4, -0.2) is 54.8 Å². The van der Waals surface area contributed by atoms with Gasteiger partial charge < -0.3 is 25.5 Å². The number of nitrogens with one attached hydrogen (secondary N) is 1. The van der Waals surface area contributed by atoms with Crippen LogP contribution >= 0.6 is 11.6 Å². The van der Waals surface area contributed by atoms with Crippen molar-refractivity contribution in [1.29, 1.82) is 0 Å². The SMILES string of the molecule is C[C@H](O)C(=O)Nc1ccc(CN2C(=O)[C@@](O)([C@@H](C)/C=C/CCn3cc(CCO)nn3)c3cc(Cl)ccc32)cc1. The van der Waals surface area contributed by atoms with E-state index < -0.39 is 29.4 Å². The molecular formula is C28H32ClN5O5. The van der Waals surface area contributed by atoms with Crippen LogP contribution in [0.3, 0.4) is 0 Å². The summed E-state index contributed by atoms with van der Waals surface area (Å²) in [5, 5.41) is 41.3. The van der Waals surface area contributed by atoms with Gasteiger partial charge in [-0.15, -0.1) is 5.10 Å². The average molecular weight is 554 g/mol. The number of allylic oxidation sites excluding steroid dienone is 1. The van der Waals surface area contributed by atoms with Crippen LogP contribution in [0.1, 0.15) is 37.1 Å². The molecular weight excluding hydrogens is 522 g/mol. The van der Waals surface area contributed by atoms with Crippen molar-refractivity contribution in [2.75, 3.05) is 16.8 Å². The van der Waals surface area contributed by atoms with Crippen molar-refractivity contribution >= 4 is 34.8 Å². The highest BCUT2D eigenvalue weighted by molar-refractivity contribution is 6.31. The lowest BCUT2D eigenvalue weighted by molar-refractivity contribution is -0.139. The first-order valence-electron chi connectivity index (χ1n) is 12.7. The third-order valence-corrected chi connectivity index (χ3v) is 6.97. The second-order valence-corrected chi connectivity index (χ2v) is 10.1. The van der Waals surface area contributed by atoms with Crippen molar-refractivity contribution in [3.8, 4) is 0 Å². The molecule has 2 aromatic carbocycles. The number of rotatable bonds is 11. The molecule has 3 atom stereocenters. The number of carbonyl (C=O) groups excluding carboxylic acids is 2. The zero-order chi connectivity index (χ0) is 28.2. The number of aliphatic hydroxyl groups excluding tert-OH is 2. The number of benzene rings is 2. The summed E-state index contributed by atoms with van der Waals surface area (Å²) in [4.78, 5) is 27.0. The maximum atomic E-state index is 13.7. The summed E-state index contributed by atoms with van der Waals surface area (Å²) in [5.74, 6) is -1.51. The van der Waals surface area contributed by atoms with Crippen LogP contribution in [0.4, 0.5) is 11.4 Å². The van der Waals surface area contributed by atoms with Crippen molar-refractivity contribution in [1.82, 2.24) is 15.0 Å². The van der Waals surface area contributed by atoms with E-state index in [4.69, 9.17) is 16.7 Å². The second kappa shape index (κ2) is 12.1. The molecule has 0 fully saturated rings. The van der Waals surface area contributed by atoms with Crippen molar-refractivity contribution in [3.63, 3.8) is 0 Å². The third-order valence-electron chi connectivity index (χ3n) is 6.74. The lowest BCUT2D eigenvalue weighted by Crippen LogP contribution is -2.44. The molecule has 0 saturated heterocycles. The quantitative estimate of drug-likeness (QED) is 0.268. The highest BCUT2D eigenvalue weighted by Crippen LogP contribution is 2.46. The van der Waals surface area contributed by atoms with Crippen molar-refractivity contribution in [2.45, 2.75) is 51.5 Å². The monoisotopic (exact) mass is 553 g/mol. The Bertz CT molecular complexity index is 1360. The van der Waals surface area contributed by atoms with E-state index in [-0.39, 0.29) is 13.2 Å². The van der Waals surface area contributed by atoms with Gasteiger partial charge in [-0.3, -0.25) is 14.3 Å². The van der Waals surface area contributed by atoms with Crippen LogP contribution in [-0.2, 0) is 34.7 Å². The molecule has 4 N–H and O–H groups in total. The van der Waals surface area contributed by atoms with E-state index in [9.17, 15) is 19.8 Å². The van der Waals surface area contributed by atoms with Gasteiger partial charge in [0.05, 0.1) is 17.9 Å². The van der Waals surface area contributed by atoms with Gasteiger partial charge in [-0.25, -0.2) is 0 Å². The zero-order valence-electron chi connectivity index (χ0n) is 21.8. The summed E-state index contributed by atoms with van der Waals surface area (Å²) in [6.07, 6.45) is 5.43. The molecule has 0 radical (unpaired) electrons. The molecule has 4 rings (SSSR count). The topological polar surface area (TPSA) is 141 Å². The number of aromatic nitrogens is 3. The second-order valence-electron chi connectivity index (χ2n) is 9.63. The number of halogens is 1. The van der Waals surface area contributed by atoms with Crippen LogP contribution in [0.15, 0.2) is 60.8 Å². The van der Waals surface area contributed by atoms with E-state index in [1.807, 2.05) is 12.2 Å². The first-order valence-corrected chi connectivity index (χ1v) is 13.1. The Labute approximate surface area is 231 Å².